The minimum atomic E-state index is -1.21. The molecule has 172 valence electrons. The van der Waals surface area contributed by atoms with Crippen molar-refractivity contribution < 1.29 is 53.9 Å². The Morgan fingerprint density at radius 2 is 2.15 bits per heavy atom. The molecule has 2 amide bonds. The van der Waals surface area contributed by atoms with Crippen LogP contribution in [0.5, 0.6) is 0 Å². The average Bonchev–Trinajstić information content (AvgIpc) is 3.40. The van der Waals surface area contributed by atoms with E-state index in [2.05, 4.69) is 20.4 Å². The molecule has 34 heavy (non-hydrogen) atoms. The number of hydrogen-bond acceptors (Lipinski definition) is 11. The van der Waals surface area contributed by atoms with Gasteiger partial charge >= 0.3 is 35.5 Å². The zero-order chi connectivity index (χ0) is 23.7. The minimum Gasteiger partial charge on any atom is -0.477 e. The van der Waals surface area contributed by atoms with Crippen LogP contribution in [0.1, 0.15) is 16.3 Å². The number of rotatable bonds is 7. The van der Waals surface area contributed by atoms with Crippen molar-refractivity contribution in [2.75, 3.05) is 18.6 Å². The summed E-state index contributed by atoms with van der Waals surface area (Å²) in [6.07, 6.45) is 3.49. The van der Waals surface area contributed by atoms with E-state index in [1.807, 2.05) is 6.92 Å². The van der Waals surface area contributed by atoms with Gasteiger partial charge in [0, 0.05) is 16.0 Å². The van der Waals surface area contributed by atoms with Crippen LogP contribution >= 0.6 is 34.4 Å². The number of nitrogen functional groups attached to an aromatic ring is 1. The number of nitrogens with zero attached hydrogens (tertiary/aromatic N) is 4. The number of thioether (sulfide) groups is 1. The van der Waals surface area contributed by atoms with Crippen LogP contribution in [0.15, 0.2) is 33.4 Å². The smallest absolute Gasteiger partial charge is 0.477 e. The average molecular weight is 530 g/mol. The largest absolute Gasteiger partial charge is 1.00 e. The Bertz CT molecular complexity index is 1220. The first kappa shape index (κ1) is 26.4. The summed E-state index contributed by atoms with van der Waals surface area (Å²) in [4.78, 5) is 52.7. The fraction of sp³-hybridized carbons (Fsp3) is 0.263. The topological polar surface area (TPSA) is 160 Å². The van der Waals surface area contributed by atoms with Gasteiger partial charge in [0.05, 0.1) is 11.2 Å². The van der Waals surface area contributed by atoms with Gasteiger partial charge in [0.2, 0.25) is 0 Å². The number of thiazole rings is 2. The van der Waals surface area contributed by atoms with E-state index in [1.165, 1.54) is 35.1 Å². The van der Waals surface area contributed by atoms with Crippen molar-refractivity contribution in [2.45, 2.75) is 18.3 Å². The molecule has 11 nitrogen and oxygen atoms in total. The van der Waals surface area contributed by atoms with Gasteiger partial charge in [0.1, 0.15) is 29.9 Å². The molecule has 0 aliphatic carbocycles. The molecule has 0 bridgehead atoms. The second kappa shape index (κ2) is 11.0. The number of carbonyl (C=O) groups excluding carboxylic acids is 2. The summed E-state index contributed by atoms with van der Waals surface area (Å²) >= 11 is 3.94. The Balaban J connectivity index is 0.00000324. The number of aliphatic carboxylic acids is 1. The molecule has 1 saturated heterocycles. The van der Waals surface area contributed by atoms with Crippen LogP contribution in [-0.4, -0.2) is 67.7 Å². The number of nitrogens with two attached hydrogens (primary N) is 1. The van der Waals surface area contributed by atoms with E-state index in [4.69, 9.17) is 10.6 Å². The summed E-state index contributed by atoms with van der Waals surface area (Å²) in [7, 11) is 1.28. The molecule has 2 aliphatic rings. The Morgan fingerprint density at radius 1 is 1.38 bits per heavy atom. The van der Waals surface area contributed by atoms with Gasteiger partial charge in [-0.1, -0.05) is 11.2 Å². The molecule has 2 aromatic heterocycles. The van der Waals surface area contributed by atoms with Crippen LogP contribution in [0.25, 0.3) is 6.08 Å². The molecule has 0 saturated carbocycles. The van der Waals surface area contributed by atoms with E-state index in [9.17, 15) is 19.5 Å². The molecule has 2 aromatic rings. The molecule has 0 radical (unpaired) electrons. The Kier molecular flexibility index (Phi) is 8.54. The molecule has 0 aromatic carbocycles. The number of amides is 2. The summed E-state index contributed by atoms with van der Waals surface area (Å²) in [5.74, 6) is -2.04. The first-order valence-electron chi connectivity index (χ1n) is 9.44. The number of hydrogen-bond donors (Lipinski definition) is 3. The molecule has 4 N–H and O–H groups in total. The van der Waals surface area contributed by atoms with Crippen molar-refractivity contribution in [3.63, 3.8) is 0 Å². The molecule has 4 heterocycles. The maximum absolute atomic E-state index is 12.9. The molecule has 15 heteroatoms. The number of aromatic nitrogens is 2. The Hall–Kier alpha value is -2.23. The van der Waals surface area contributed by atoms with Gasteiger partial charge in [-0.3, -0.25) is 14.5 Å². The molecule has 0 spiro atoms. The molecule has 2 unspecified atom stereocenters. The van der Waals surface area contributed by atoms with Crippen molar-refractivity contribution in [1.82, 2.24) is 20.2 Å². The number of anilines is 1. The standard InChI is InChI=1S/C19H18N6O5S3.Na/c1-8-11(33-7-21-8)4-3-9-5-31-17-13(16(27)25(17)14(9)18(28)29)23-15(26)12(24-30-2)10-6-32-19(20)22-10;/h3-4,6-7,13,17H,5H2,1-2H3,(H2,20,22)(H,23,26)(H,28,29);/q;+1. The van der Waals surface area contributed by atoms with Crippen LogP contribution in [0.2, 0.25) is 0 Å². The molecule has 1 fully saturated rings. The number of β-lactam (4-membered cyclic amide) rings is 1. The number of allylic oxidation sites excluding steroid dienone is 1. The van der Waals surface area contributed by atoms with Gasteiger partial charge in [-0.2, -0.15) is 0 Å². The molecule has 4 rings (SSSR count). The Morgan fingerprint density at radius 3 is 2.74 bits per heavy atom. The zero-order valence-electron chi connectivity index (χ0n) is 18.3. The second-order valence-electron chi connectivity index (χ2n) is 6.87. The number of carboxylic acid groups (broad SMARTS) is 1. The number of aryl methyl sites for hydroxylation is 1. The van der Waals surface area contributed by atoms with Crippen LogP contribution < -0.4 is 40.6 Å². The Labute approximate surface area is 228 Å². The first-order chi connectivity index (χ1) is 15.8. The fourth-order valence-electron chi connectivity index (χ4n) is 3.32. The SMILES string of the molecule is CON=C(C(=O)NC1C(=O)N2C(C(=O)O)=C(C=Cc3scnc3C)CSC12)c1csc(N)n1.[Na+]. The number of carboxylic acids is 1. The first-order valence-corrected chi connectivity index (χ1v) is 12.2. The third-order valence-corrected chi connectivity index (χ3v) is 7.74. The maximum atomic E-state index is 12.9. The minimum absolute atomic E-state index is 0. The van der Waals surface area contributed by atoms with E-state index < -0.39 is 29.2 Å². The van der Waals surface area contributed by atoms with E-state index in [0.717, 1.165) is 21.9 Å². The maximum Gasteiger partial charge on any atom is 1.00 e. The van der Waals surface area contributed by atoms with Gasteiger partial charge in [0.25, 0.3) is 11.8 Å². The monoisotopic (exact) mass is 529 g/mol. The quantitative estimate of drug-likeness (QED) is 0.164. The predicted octanol–water partition coefficient (Wildman–Crippen LogP) is -1.70. The summed E-state index contributed by atoms with van der Waals surface area (Å²) in [6.45, 7) is 1.86. The van der Waals surface area contributed by atoms with Gasteiger partial charge in [-0.15, -0.1) is 34.4 Å². The van der Waals surface area contributed by atoms with Gasteiger partial charge in [-0.25, -0.2) is 14.8 Å². The molecular weight excluding hydrogens is 511 g/mol. The second-order valence-corrected chi connectivity index (χ2v) is 9.75. The van der Waals surface area contributed by atoms with Gasteiger partial charge in [-0.05, 0) is 18.6 Å². The van der Waals surface area contributed by atoms with Gasteiger partial charge < -0.3 is 21.0 Å². The van der Waals surface area contributed by atoms with E-state index in [0.29, 0.717) is 11.3 Å². The van der Waals surface area contributed by atoms with Crippen molar-refractivity contribution in [3.8, 4) is 0 Å². The van der Waals surface area contributed by atoms with Gasteiger partial charge in [0.15, 0.2) is 10.8 Å². The van der Waals surface area contributed by atoms with Crippen LogP contribution in [-0.2, 0) is 19.2 Å². The third kappa shape index (κ3) is 5.06. The van der Waals surface area contributed by atoms with Crippen LogP contribution in [0.3, 0.4) is 0 Å². The molecule has 2 aliphatic heterocycles. The zero-order valence-corrected chi connectivity index (χ0v) is 22.8. The summed E-state index contributed by atoms with van der Waals surface area (Å²) in [5.41, 5.74) is 8.68. The van der Waals surface area contributed by atoms with Crippen molar-refractivity contribution in [3.05, 3.63) is 44.5 Å². The summed E-state index contributed by atoms with van der Waals surface area (Å²) in [6, 6.07) is -0.913. The number of fused-ring (bicyclic) bond motifs is 1. The summed E-state index contributed by atoms with van der Waals surface area (Å²) < 4.78 is 0. The fourth-order valence-corrected chi connectivity index (χ4v) is 5.88. The van der Waals surface area contributed by atoms with E-state index >= 15 is 0 Å². The molecule has 2 atom stereocenters. The summed E-state index contributed by atoms with van der Waals surface area (Å²) in [5, 5.41) is 17.4. The van der Waals surface area contributed by atoms with E-state index in [1.54, 1.807) is 23.0 Å². The van der Waals surface area contributed by atoms with Crippen LogP contribution in [0, 0.1) is 6.92 Å². The van der Waals surface area contributed by atoms with Crippen molar-refractivity contribution >= 4 is 69.1 Å². The number of carbonyl (C=O) groups is 3. The number of oxime groups is 1. The predicted molar refractivity (Wildman–Crippen MR) is 126 cm³/mol. The molecular formula is C19H18N6NaO5S3+. The van der Waals surface area contributed by atoms with Crippen molar-refractivity contribution in [1.29, 1.82) is 0 Å². The van der Waals surface area contributed by atoms with E-state index in [-0.39, 0.29) is 51.8 Å². The van der Waals surface area contributed by atoms with Crippen LogP contribution in [0.4, 0.5) is 5.13 Å². The third-order valence-electron chi connectivity index (χ3n) is 4.87. The van der Waals surface area contributed by atoms with Crippen molar-refractivity contribution in [2.24, 2.45) is 5.16 Å². The normalized spacial score (nSPS) is 20.0. The number of nitrogens with one attached hydrogen (secondary N) is 1.